The van der Waals surface area contributed by atoms with Crippen molar-refractivity contribution in [2.75, 3.05) is 0 Å². The summed E-state index contributed by atoms with van der Waals surface area (Å²) in [6.07, 6.45) is 5.61. The molecular formula is C12H14N2O2. The second kappa shape index (κ2) is 3.75. The number of aliphatic carboxylic acids is 1. The molecule has 1 fully saturated rings. The van der Waals surface area contributed by atoms with Gasteiger partial charge >= 0.3 is 5.97 Å². The number of allylic oxidation sites excluding steroid dienone is 2. The van der Waals surface area contributed by atoms with E-state index in [0.717, 1.165) is 6.42 Å². The van der Waals surface area contributed by atoms with Crippen molar-refractivity contribution in [1.29, 1.82) is 10.7 Å². The van der Waals surface area contributed by atoms with Gasteiger partial charge in [0.2, 0.25) is 0 Å². The van der Waals surface area contributed by atoms with E-state index in [-0.39, 0.29) is 12.3 Å². The first-order chi connectivity index (χ1) is 7.61. The second-order valence-electron chi connectivity index (χ2n) is 4.77. The summed E-state index contributed by atoms with van der Waals surface area (Å²) in [6, 6.07) is 2.20. The van der Waals surface area contributed by atoms with Gasteiger partial charge in [-0.2, -0.15) is 5.26 Å². The Labute approximate surface area is 94.1 Å². The van der Waals surface area contributed by atoms with Crippen molar-refractivity contribution < 1.29 is 9.90 Å². The fourth-order valence-electron chi connectivity index (χ4n) is 3.08. The van der Waals surface area contributed by atoms with Crippen molar-refractivity contribution in [2.24, 2.45) is 17.3 Å². The van der Waals surface area contributed by atoms with Gasteiger partial charge in [-0.25, -0.2) is 0 Å². The zero-order valence-corrected chi connectivity index (χ0v) is 8.94. The molecule has 4 nitrogen and oxygen atoms in total. The van der Waals surface area contributed by atoms with Crippen LogP contribution in [0.3, 0.4) is 0 Å². The number of nitriles is 1. The van der Waals surface area contributed by atoms with Crippen LogP contribution in [-0.2, 0) is 4.79 Å². The number of rotatable bonds is 4. The molecule has 0 heterocycles. The third-order valence-corrected chi connectivity index (χ3v) is 3.77. The molecule has 0 aliphatic heterocycles. The summed E-state index contributed by atoms with van der Waals surface area (Å²) < 4.78 is 0. The minimum atomic E-state index is -0.895. The zero-order valence-electron chi connectivity index (χ0n) is 8.94. The van der Waals surface area contributed by atoms with E-state index in [0.29, 0.717) is 18.8 Å². The van der Waals surface area contributed by atoms with E-state index in [1.807, 2.05) is 6.08 Å². The molecule has 1 saturated carbocycles. The number of carbonyl (C=O) groups is 1. The molecule has 3 atom stereocenters. The highest BCUT2D eigenvalue weighted by atomic mass is 16.4. The number of hydrogen-bond acceptors (Lipinski definition) is 3. The average Bonchev–Trinajstić information content (AvgIpc) is 2.54. The Hall–Kier alpha value is -1.63. The monoisotopic (exact) mass is 218 g/mol. The molecule has 16 heavy (non-hydrogen) atoms. The molecule has 0 spiro atoms. The third kappa shape index (κ3) is 1.53. The van der Waals surface area contributed by atoms with Crippen molar-refractivity contribution in [3.05, 3.63) is 11.6 Å². The predicted molar refractivity (Wildman–Crippen MR) is 58.0 cm³/mol. The summed E-state index contributed by atoms with van der Waals surface area (Å²) in [5.41, 5.74) is 0.507. The predicted octanol–water partition coefficient (Wildman–Crippen LogP) is 1.98. The highest BCUT2D eigenvalue weighted by Crippen LogP contribution is 2.59. The van der Waals surface area contributed by atoms with E-state index in [9.17, 15) is 4.79 Å². The van der Waals surface area contributed by atoms with E-state index in [1.165, 1.54) is 11.8 Å². The van der Waals surface area contributed by atoms with Crippen LogP contribution in [0.1, 0.15) is 25.7 Å². The summed E-state index contributed by atoms with van der Waals surface area (Å²) >= 11 is 0. The first-order valence-electron chi connectivity index (χ1n) is 5.43. The molecule has 0 unspecified atom stereocenters. The Morgan fingerprint density at radius 2 is 2.56 bits per heavy atom. The lowest BCUT2D eigenvalue weighted by Gasteiger charge is -2.46. The quantitative estimate of drug-likeness (QED) is 0.558. The molecule has 0 radical (unpaired) electrons. The van der Waals surface area contributed by atoms with Crippen molar-refractivity contribution in [3.63, 3.8) is 0 Å². The van der Waals surface area contributed by atoms with Crippen molar-refractivity contribution in [2.45, 2.75) is 25.7 Å². The Balaban J connectivity index is 2.14. The van der Waals surface area contributed by atoms with Crippen LogP contribution in [0.25, 0.3) is 0 Å². The average molecular weight is 218 g/mol. The van der Waals surface area contributed by atoms with Crippen LogP contribution in [0.2, 0.25) is 0 Å². The molecule has 0 saturated heterocycles. The minimum Gasteiger partial charge on any atom is -0.481 e. The molecular weight excluding hydrogens is 204 g/mol. The van der Waals surface area contributed by atoms with E-state index >= 15 is 0 Å². The number of nitrogens with one attached hydrogen (secondary N) is 1. The van der Waals surface area contributed by atoms with E-state index in [4.69, 9.17) is 15.8 Å². The Morgan fingerprint density at radius 1 is 1.81 bits per heavy atom. The van der Waals surface area contributed by atoms with Gasteiger partial charge in [-0.3, -0.25) is 4.79 Å². The molecule has 0 aromatic heterocycles. The summed E-state index contributed by atoms with van der Waals surface area (Å²) in [7, 11) is 0. The van der Waals surface area contributed by atoms with Gasteiger partial charge in [0.25, 0.3) is 0 Å². The molecule has 2 rings (SSSR count). The SMILES string of the molecule is N#C[C@]1(CC(=O)O)C[C@H]2CC(CC=N)=C[C@H]21. The van der Waals surface area contributed by atoms with Crippen molar-refractivity contribution in [1.82, 2.24) is 0 Å². The third-order valence-electron chi connectivity index (χ3n) is 3.77. The molecule has 0 aromatic carbocycles. The van der Waals surface area contributed by atoms with Gasteiger partial charge in [0.1, 0.15) is 0 Å². The van der Waals surface area contributed by atoms with E-state index in [2.05, 4.69) is 6.07 Å². The minimum absolute atomic E-state index is 0.0565. The van der Waals surface area contributed by atoms with Gasteiger partial charge in [0, 0.05) is 6.42 Å². The lowest BCUT2D eigenvalue weighted by Crippen LogP contribution is -2.45. The fourth-order valence-corrected chi connectivity index (χ4v) is 3.08. The number of nitrogens with zero attached hydrogens (tertiary/aromatic N) is 1. The molecule has 2 aliphatic carbocycles. The number of hydrogen-bond donors (Lipinski definition) is 2. The summed E-state index contributed by atoms with van der Waals surface area (Å²) in [5, 5.41) is 25.0. The van der Waals surface area contributed by atoms with Gasteiger partial charge in [0.05, 0.1) is 17.9 Å². The second-order valence-corrected chi connectivity index (χ2v) is 4.77. The van der Waals surface area contributed by atoms with Crippen LogP contribution < -0.4 is 0 Å². The van der Waals surface area contributed by atoms with Crippen LogP contribution in [0.15, 0.2) is 11.6 Å². The molecule has 0 bridgehead atoms. The van der Waals surface area contributed by atoms with Crippen LogP contribution in [0.4, 0.5) is 0 Å². The molecule has 0 amide bonds. The summed E-state index contributed by atoms with van der Waals surface area (Å²) in [4.78, 5) is 10.8. The maximum Gasteiger partial charge on any atom is 0.304 e. The molecule has 84 valence electrons. The fraction of sp³-hybridized carbons (Fsp3) is 0.583. The largest absolute Gasteiger partial charge is 0.481 e. The maximum atomic E-state index is 10.8. The van der Waals surface area contributed by atoms with Gasteiger partial charge < -0.3 is 10.5 Å². The van der Waals surface area contributed by atoms with Gasteiger partial charge in [-0.05, 0) is 30.9 Å². The Kier molecular flexibility index (Phi) is 2.55. The van der Waals surface area contributed by atoms with Crippen molar-refractivity contribution >= 4 is 12.2 Å². The first kappa shape index (κ1) is 10.9. The zero-order chi connectivity index (χ0) is 11.8. The van der Waals surface area contributed by atoms with E-state index < -0.39 is 11.4 Å². The molecule has 4 heteroatoms. The van der Waals surface area contributed by atoms with Crippen LogP contribution >= 0.6 is 0 Å². The standard InChI is InChI=1S/C12H14N2O2/c13-2-1-8-3-9-5-12(7-14,6-11(15)16)10(9)4-8/h2,4,9-10,13H,1,3,5-6H2,(H,15,16)/t9-,10-,12-/m1/s1. The van der Waals surface area contributed by atoms with Gasteiger partial charge in [0.15, 0.2) is 0 Å². The Bertz CT molecular complexity index is 408. The lowest BCUT2D eigenvalue weighted by molar-refractivity contribution is -0.142. The number of carboxylic acid groups (broad SMARTS) is 1. The highest BCUT2D eigenvalue weighted by molar-refractivity contribution is 5.69. The Morgan fingerprint density at radius 3 is 3.12 bits per heavy atom. The molecule has 2 aliphatic rings. The number of fused-ring (bicyclic) bond motifs is 1. The number of carboxylic acids is 1. The summed E-state index contributed by atoms with van der Waals surface area (Å²) in [6.45, 7) is 0. The maximum absolute atomic E-state index is 10.8. The first-order valence-corrected chi connectivity index (χ1v) is 5.43. The van der Waals surface area contributed by atoms with Crippen LogP contribution in [0, 0.1) is 34.0 Å². The highest BCUT2D eigenvalue weighted by Gasteiger charge is 2.56. The lowest BCUT2D eigenvalue weighted by atomic mass is 9.54. The molecule has 0 aromatic rings. The molecule has 2 N–H and O–H groups in total. The van der Waals surface area contributed by atoms with Gasteiger partial charge in [-0.15, -0.1) is 0 Å². The van der Waals surface area contributed by atoms with Crippen LogP contribution in [0.5, 0.6) is 0 Å². The topological polar surface area (TPSA) is 84.9 Å². The van der Waals surface area contributed by atoms with Crippen LogP contribution in [-0.4, -0.2) is 17.3 Å². The van der Waals surface area contributed by atoms with Gasteiger partial charge in [-0.1, -0.05) is 11.6 Å². The van der Waals surface area contributed by atoms with E-state index in [1.54, 1.807) is 0 Å². The smallest absolute Gasteiger partial charge is 0.304 e. The summed E-state index contributed by atoms with van der Waals surface area (Å²) in [5.74, 6) is -0.355. The van der Waals surface area contributed by atoms with Crippen molar-refractivity contribution in [3.8, 4) is 6.07 Å². The normalized spacial score (nSPS) is 35.6.